The summed E-state index contributed by atoms with van der Waals surface area (Å²) in [5.74, 6) is 0.829. The molecule has 1 N–H and O–H groups in total. The van der Waals surface area contributed by atoms with Crippen molar-refractivity contribution < 1.29 is 9.26 Å². The predicted octanol–water partition coefficient (Wildman–Crippen LogP) is 0.862. The van der Waals surface area contributed by atoms with Crippen LogP contribution in [0.3, 0.4) is 0 Å². The fraction of sp³-hybridized carbons (Fsp3) is 0.667. The first-order chi connectivity index (χ1) is 6.18. The zero-order chi connectivity index (χ0) is 9.31. The molecule has 0 saturated carbocycles. The largest absolute Gasteiger partial charge is 0.366 e. The average molecular weight is 182 g/mol. The van der Waals surface area contributed by atoms with Crippen molar-refractivity contribution in [3.63, 3.8) is 0 Å². The highest BCUT2D eigenvalue weighted by molar-refractivity contribution is 5.02. The predicted molar refractivity (Wildman–Crippen MR) is 47.3 cm³/mol. The van der Waals surface area contributed by atoms with Crippen LogP contribution in [0.25, 0.3) is 0 Å². The monoisotopic (exact) mass is 182 g/mol. The van der Waals surface area contributed by atoms with Gasteiger partial charge in [0.05, 0.1) is 12.2 Å². The number of nitrogens with zero attached hydrogens (tertiary/aromatic N) is 1. The molecule has 2 rings (SSSR count). The van der Waals surface area contributed by atoms with Crippen molar-refractivity contribution >= 4 is 0 Å². The molecular formula is C9H14N2O2. The maximum Gasteiger partial charge on any atom is 0.134 e. The Balaban J connectivity index is 1.85. The molecule has 1 fully saturated rings. The zero-order valence-corrected chi connectivity index (χ0v) is 7.96. The van der Waals surface area contributed by atoms with E-state index in [0.29, 0.717) is 6.61 Å². The Bertz CT molecular complexity index is 292. The van der Waals surface area contributed by atoms with Crippen molar-refractivity contribution in [3.05, 3.63) is 17.5 Å². The molecule has 1 aliphatic heterocycles. The van der Waals surface area contributed by atoms with Gasteiger partial charge in [-0.15, -0.1) is 0 Å². The molecule has 0 amide bonds. The van der Waals surface area contributed by atoms with Crippen molar-refractivity contribution in [2.45, 2.75) is 26.1 Å². The smallest absolute Gasteiger partial charge is 0.134 e. The van der Waals surface area contributed by atoms with Gasteiger partial charge in [0.2, 0.25) is 0 Å². The normalized spacial score (nSPS) is 19.8. The van der Waals surface area contributed by atoms with Crippen LogP contribution in [0.15, 0.2) is 10.6 Å². The standard InChI is InChI=1S/C9H14N2O2/c1-7-3-8(11-13-7)4-12-9(2)5-10-6-9/h3,10H,4-6H2,1-2H3. The number of rotatable bonds is 3. The zero-order valence-electron chi connectivity index (χ0n) is 7.96. The molecule has 1 aromatic rings. The molecule has 0 spiro atoms. The minimum Gasteiger partial charge on any atom is -0.366 e. The van der Waals surface area contributed by atoms with Gasteiger partial charge >= 0.3 is 0 Å². The first-order valence-corrected chi connectivity index (χ1v) is 4.45. The van der Waals surface area contributed by atoms with Gasteiger partial charge in [0.25, 0.3) is 0 Å². The van der Waals surface area contributed by atoms with Crippen LogP contribution in [0.1, 0.15) is 18.4 Å². The lowest BCUT2D eigenvalue weighted by Crippen LogP contribution is -2.58. The van der Waals surface area contributed by atoms with E-state index >= 15 is 0 Å². The Morgan fingerprint density at radius 2 is 2.46 bits per heavy atom. The van der Waals surface area contributed by atoms with E-state index in [2.05, 4.69) is 17.4 Å². The van der Waals surface area contributed by atoms with E-state index in [-0.39, 0.29) is 5.60 Å². The van der Waals surface area contributed by atoms with Gasteiger partial charge in [-0.2, -0.15) is 0 Å². The summed E-state index contributed by atoms with van der Waals surface area (Å²) in [6.45, 7) is 6.35. The summed E-state index contributed by atoms with van der Waals surface area (Å²) >= 11 is 0. The molecule has 72 valence electrons. The van der Waals surface area contributed by atoms with Crippen LogP contribution in [-0.4, -0.2) is 23.8 Å². The summed E-state index contributed by atoms with van der Waals surface area (Å²) in [6, 6.07) is 1.90. The molecule has 0 aromatic carbocycles. The molecule has 0 unspecified atom stereocenters. The second kappa shape index (κ2) is 3.12. The van der Waals surface area contributed by atoms with Crippen LogP contribution in [0.5, 0.6) is 0 Å². The maximum absolute atomic E-state index is 5.68. The molecule has 1 saturated heterocycles. The number of hydrogen-bond acceptors (Lipinski definition) is 4. The number of nitrogens with one attached hydrogen (secondary N) is 1. The summed E-state index contributed by atoms with van der Waals surface area (Å²) in [5.41, 5.74) is 0.859. The fourth-order valence-corrected chi connectivity index (χ4v) is 1.31. The first kappa shape index (κ1) is 8.72. The minimum absolute atomic E-state index is 0.00709. The molecule has 1 aliphatic rings. The third-order valence-electron chi connectivity index (χ3n) is 2.24. The van der Waals surface area contributed by atoms with Crippen LogP contribution >= 0.6 is 0 Å². The van der Waals surface area contributed by atoms with Crippen molar-refractivity contribution in [1.82, 2.24) is 10.5 Å². The average Bonchev–Trinajstić information content (AvgIpc) is 2.44. The van der Waals surface area contributed by atoms with Gasteiger partial charge in [-0.05, 0) is 13.8 Å². The molecule has 0 aliphatic carbocycles. The lowest BCUT2D eigenvalue weighted by Gasteiger charge is -2.38. The van der Waals surface area contributed by atoms with Gasteiger partial charge in [0.1, 0.15) is 11.5 Å². The summed E-state index contributed by atoms with van der Waals surface area (Å²) in [5, 5.41) is 7.03. The molecule has 13 heavy (non-hydrogen) atoms. The lowest BCUT2D eigenvalue weighted by molar-refractivity contribution is -0.0783. The van der Waals surface area contributed by atoms with E-state index < -0.39 is 0 Å². The van der Waals surface area contributed by atoms with Gasteiger partial charge < -0.3 is 14.6 Å². The lowest BCUT2D eigenvalue weighted by atomic mass is 10.0. The van der Waals surface area contributed by atoms with E-state index in [9.17, 15) is 0 Å². The van der Waals surface area contributed by atoms with Crippen LogP contribution in [0.2, 0.25) is 0 Å². The van der Waals surface area contributed by atoms with Crippen molar-refractivity contribution in [2.75, 3.05) is 13.1 Å². The number of aryl methyl sites for hydroxylation is 1. The third-order valence-corrected chi connectivity index (χ3v) is 2.24. The molecule has 0 atom stereocenters. The highest BCUT2D eigenvalue weighted by Gasteiger charge is 2.32. The Labute approximate surface area is 77.2 Å². The SMILES string of the molecule is Cc1cc(COC2(C)CNC2)no1. The quantitative estimate of drug-likeness (QED) is 0.753. The van der Waals surface area contributed by atoms with E-state index in [1.54, 1.807) is 0 Å². The van der Waals surface area contributed by atoms with Crippen LogP contribution in [0.4, 0.5) is 0 Å². The number of hydrogen-bond donors (Lipinski definition) is 1. The van der Waals surface area contributed by atoms with Crippen LogP contribution in [0, 0.1) is 6.92 Å². The van der Waals surface area contributed by atoms with Gasteiger partial charge in [-0.1, -0.05) is 5.16 Å². The van der Waals surface area contributed by atoms with E-state index in [0.717, 1.165) is 24.5 Å². The van der Waals surface area contributed by atoms with E-state index in [1.807, 2.05) is 13.0 Å². The molecule has 4 heteroatoms. The highest BCUT2D eigenvalue weighted by atomic mass is 16.5. The molecule has 0 radical (unpaired) electrons. The third kappa shape index (κ3) is 1.89. The maximum atomic E-state index is 5.68. The van der Waals surface area contributed by atoms with E-state index in [4.69, 9.17) is 9.26 Å². The Hall–Kier alpha value is -0.870. The Morgan fingerprint density at radius 3 is 2.92 bits per heavy atom. The molecule has 1 aromatic heterocycles. The highest BCUT2D eigenvalue weighted by Crippen LogP contribution is 2.17. The van der Waals surface area contributed by atoms with Gasteiger partial charge in [-0.3, -0.25) is 0 Å². The first-order valence-electron chi connectivity index (χ1n) is 4.45. The summed E-state index contributed by atoms with van der Waals surface area (Å²) < 4.78 is 10.6. The molecular weight excluding hydrogens is 168 g/mol. The minimum atomic E-state index is -0.00709. The van der Waals surface area contributed by atoms with Crippen molar-refractivity contribution in [1.29, 1.82) is 0 Å². The Morgan fingerprint density at radius 1 is 1.69 bits per heavy atom. The second-order valence-electron chi connectivity index (χ2n) is 3.77. The summed E-state index contributed by atoms with van der Waals surface area (Å²) in [6.07, 6.45) is 0. The summed E-state index contributed by atoms with van der Waals surface area (Å²) in [7, 11) is 0. The van der Waals surface area contributed by atoms with Crippen molar-refractivity contribution in [2.24, 2.45) is 0 Å². The summed E-state index contributed by atoms with van der Waals surface area (Å²) in [4.78, 5) is 0. The number of aromatic nitrogens is 1. The van der Waals surface area contributed by atoms with Gasteiger partial charge in [0.15, 0.2) is 0 Å². The number of ether oxygens (including phenoxy) is 1. The van der Waals surface area contributed by atoms with E-state index in [1.165, 1.54) is 0 Å². The van der Waals surface area contributed by atoms with Gasteiger partial charge in [-0.25, -0.2) is 0 Å². The molecule has 2 heterocycles. The fourth-order valence-electron chi connectivity index (χ4n) is 1.31. The van der Waals surface area contributed by atoms with Gasteiger partial charge in [0, 0.05) is 19.2 Å². The molecule has 0 bridgehead atoms. The molecule has 4 nitrogen and oxygen atoms in total. The van der Waals surface area contributed by atoms with Crippen LogP contribution < -0.4 is 5.32 Å². The topological polar surface area (TPSA) is 47.3 Å². The van der Waals surface area contributed by atoms with Crippen LogP contribution in [-0.2, 0) is 11.3 Å². The second-order valence-corrected chi connectivity index (χ2v) is 3.77. The van der Waals surface area contributed by atoms with Crippen molar-refractivity contribution in [3.8, 4) is 0 Å². The Kier molecular flexibility index (Phi) is 2.09.